The molecule has 0 amide bonds. The van der Waals surface area contributed by atoms with E-state index in [1.165, 1.54) is 18.9 Å². The normalized spacial score (nSPS) is 14.6. The Bertz CT molecular complexity index is 1100. The number of sulfonamides is 1. The van der Waals surface area contributed by atoms with Gasteiger partial charge in [0.25, 0.3) is 0 Å². The summed E-state index contributed by atoms with van der Waals surface area (Å²) in [5, 5.41) is 15.9. The van der Waals surface area contributed by atoms with Gasteiger partial charge in [0.2, 0.25) is 10.0 Å². The van der Waals surface area contributed by atoms with Crippen LogP contribution in [-0.4, -0.2) is 28.6 Å². The summed E-state index contributed by atoms with van der Waals surface area (Å²) in [6.45, 7) is 1.76. The van der Waals surface area contributed by atoms with Crippen molar-refractivity contribution < 1.29 is 11.3 Å². The third kappa shape index (κ3) is 3.45. The van der Waals surface area contributed by atoms with E-state index >= 15 is 0 Å². The molecule has 0 saturated heterocycles. The first-order valence-electron chi connectivity index (χ1n) is 7.81. The van der Waals surface area contributed by atoms with Crippen LogP contribution in [0.4, 0.5) is 11.6 Å². The van der Waals surface area contributed by atoms with Gasteiger partial charge in [-0.2, -0.15) is 5.10 Å². The first-order chi connectivity index (χ1) is 12.3. The molecule has 0 unspecified atom stereocenters. The van der Waals surface area contributed by atoms with Crippen molar-refractivity contribution >= 4 is 44.6 Å². The molecular formula is C15H19ClN6O2S2. The summed E-state index contributed by atoms with van der Waals surface area (Å²) in [6.07, 6.45) is 2.34. The van der Waals surface area contributed by atoms with Crippen molar-refractivity contribution in [1.82, 2.24) is 20.2 Å². The average molecular weight is 415 g/mol. The number of thiophene rings is 1. The number of rotatable bonds is 5. The third-order valence-electron chi connectivity index (χ3n) is 3.96. The molecule has 1 saturated carbocycles. The second kappa shape index (κ2) is 6.31. The second-order valence-corrected chi connectivity index (χ2v) is 9.32. The quantitative estimate of drug-likeness (QED) is 0.584. The van der Waals surface area contributed by atoms with E-state index < -0.39 is 10.0 Å². The summed E-state index contributed by atoms with van der Waals surface area (Å²) in [4.78, 5) is 9.36. The molecule has 0 radical (unpaired) electrons. The number of hydrogen-bond donors (Lipinski definition) is 3. The predicted molar refractivity (Wildman–Crippen MR) is 105 cm³/mol. The topological polar surface area (TPSA) is 127 Å². The summed E-state index contributed by atoms with van der Waals surface area (Å²) in [5.41, 5.74) is 1.66. The van der Waals surface area contributed by atoms with Crippen molar-refractivity contribution in [3.05, 3.63) is 34.6 Å². The van der Waals surface area contributed by atoms with Crippen molar-refractivity contribution in [3.63, 3.8) is 0 Å². The maximum absolute atomic E-state index is 11.5. The Morgan fingerprint density at radius 3 is 2.81 bits per heavy atom. The second-order valence-electron chi connectivity index (χ2n) is 6.07. The van der Waals surface area contributed by atoms with Gasteiger partial charge in [-0.25, -0.2) is 23.5 Å². The van der Waals surface area contributed by atoms with E-state index in [0.29, 0.717) is 39.0 Å². The first kappa shape index (κ1) is 17.4. The first-order valence-corrected chi connectivity index (χ1v) is 10.5. The maximum atomic E-state index is 11.5. The van der Waals surface area contributed by atoms with Crippen LogP contribution < -0.4 is 10.5 Å². The molecule has 0 bridgehead atoms. The SMILES string of the molecule is Cc1nc(-c2ccc(S(N)(=O)=O)s2)nc(Nc2cc(C3CC3)[nH]n2)c1Cl.[HH].[HH]. The van der Waals surface area contributed by atoms with Crippen LogP contribution >= 0.6 is 22.9 Å². The van der Waals surface area contributed by atoms with Gasteiger partial charge in [0, 0.05) is 20.5 Å². The molecule has 8 nitrogen and oxygen atoms in total. The lowest BCUT2D eigenvalue weighted by Crippen LogP contribution is -2.09. The van der Waals surface area contributed by atoms with Crippen molar-refractivity contribution in [3.8, 4) is 10.7 Å². The molecule has 3 aromatic heterocycles. The highest BCUT2D eigenvalue weighted by atomic mass is 35.5. The third-order valence-corrected chi connectivity index (χ3v) is 6.93. The number of nitrogens with zero attached hydrogens (tertiary/aromatic N) is 3. The van der Waals surface area contributed by atoms with E-state index in [9.17, 15) is 8.42 Å². The van der Waals surface area contributed by atoms with Crippen LogP contribution in [0.3, 0.4) is 0 Å². The maximum Gasteiger partial charge on any atom is 0.247 e. The molecule has 3 heterocycles. The van der Waals surface area contributed by atoms with Crippen LogP contribution in [0.5, 0.6) is 0 Å². The number of primary sulfonamides is 1. The molecule has 1 fully saturated rings. The van der Waals surface area contributed by atoms with Gasteiger partial charge in [0.05, 0.1) is 10.6 Å². The smallest absolute Gasteiger partial charge is 0.247 e. The fourth-order valence-corrected chi connectivity index (χ4v) is 4.27. The summed E-state index contributed by atoms with van der Waals surface area (Å²) in [5.74, 6) is 1.95. The van der Waals surface area contributed by atoms with Gasteiger partial charge in [-0.05, 0) is 31.9 Å². The Hall–Kier alpha value is -2.01. The van der Waals surface area contributed by atoms with Crippen LogP contribution in [0.25, 0.3) is 10.7 Å². The zero-order valence-corrected chi connectivity index (χ0v) is 16.0. The van der Waals surface area contributed by atoms with Crippen molar-refractivity contribution in [2.24, 2.45) is 5.14 Å². The lowest BCUT2D eigenvalue weighted by Gasteiger charge is -2.08. The molecule has 4 N–H and O–H groups in total. The molecule has 11 heteroatoms. The highest BCUT2D eigenvalue weighted by molar-refractivity contribution is 7.91. The Balaban J connectivity index is 0.00000140. The lowest BCUT2D eigenvalue weighted by atomic mass is 10.3. The zero-order chi connectivity index (χ0) is 18.5. The Morgan fingerprint density at radius 1 is 1.38 bits per heavy atom. The summed E-state index contributed by atoms with van der Waals surface area (Å²) in [6, 6.07) is 5.00. The highest BCUT2D eigenvalue weighted by Crippen LogP contribution is 2.40. The van der Waals surface area contributed by atoms with Crippen LogP contribution in [0.1, 0.15) is 33.0 Å². The van der Waals surface area contributed by atoms with E-state index in [0.717, 1.165) is 17.0 Å². The van der Waals surface area contributed by atoms with Crippen LogP contribution in [0.2, 0.25) is 5.02 Å². The number of nitrogens with one attached hydrogen (secondary N) is 2. The van der Waals surface area contributed by atoms with Gasteiger partial charge >= 0.3 is 0 Å². The van der Waals surface area contributed by atoms with Gasteiger partial charge in [-0.15, -0.1) is 11.3 Å². The minimum atomic E-state index is -3.76. The van der Waals surface area contributed by atoms with E-state index in [1.54, 1.807) is 13.0 Å². The summed E-state index contributed by atoms with van der Waals surface area (Å²) >= 11 is 7.33. The number of aryl methyl sites for hydroxylation is 1. The number of H-pyrrole nitrogens is 1. The van der Waals surface area contributed by atoms with E-state index in [2.05, 4.69) is 25.5 Å². The van der Waals surface area contributed by atoms with Crippen LogP contribution in [-0.2, 0) is 10.0 Å². The minimum absolute atomic E-state index is 0. The minimum Gasteiger partial charge on any atom is -0.322 e. The standard InChI is InChI=1S/C15H15ClN6O2S2.2H2/c1-7-13(16)15(19-11-6-9(21-22-11)8-2-3-8)20-14(18-7)10-4-5-12(25-10)26(17,23)24;;/h4-6,8H,2-3H2,1H3,(H2,17,23,24)(H2,18,19,20,21,22);2*1H. The van der Waals surface area contributed by atoms with Gasteiger partial charge < -0.3 is 5.32 Å². The lowest BCUT2D eigenvalue weighted by molar-refractivity contribution is 0.600. The Labute approximate surface area is 161 Å². The summed E-state index contributed by atoms with van der Waals surface area (Å²) in [7, 11) is -3.76. The monoisotopic (exact) mass is 414 g/mol. The van der Waals surface area contributed by atoms with Crippen LogP contribution in [0, 0.1) is 6.92 Å². The molecule has 26 heavy (non-hydrogen) atoms. The average Bonchev–Trinajstić information content (AvgIpc) is 3.10. The molecule has 0 spiro atoms. The molecule has 0 atom stereocenters. The van der Waals surface area contributed by atoms with E-state index in [1.807, 2.05) is 6.07 Å². The molecule has 1 aliphatic carbocycles. The largest absolute Gasteiger partial charge is 0.322 e. The molecule has 0 aromatic carbocycles. The van der Waals surface area contributed by atoms with Crippen molar-refractivity contribution in [2.75, 3.05) is 5.32 Å². The van der Waals surface area contributed by atoms with Crippen LogP contribution in [0.15, 0.2) is 22.4 Å². The zero-order valence-electron chi connectivity index (χ0n) is 13.7. The number of aromatic nitrogens is 4. The molecule has 4 rings (SSSR count). The van der Waals surface area contributed by atoms with Crippen molar-refractivity contribution in [2.45, 2.75) is 29.9 Å². The molecular weight excluding hydrogens is 396 g/mol. The summed E-state index contributed by atoms with van der Waals surface area (Å²) < 4.78 is 23.0. The number of halogens is 1. The highest BCUT2D eigenvalue weighted by Gasteiger charge is 2.25. The number of anilines is 2. The number of hydrogen-bond acceptors (Lipinski definition) is 7. The fraction of sp³-hybridized carbons (Fsp3) is 0.267. The molecule has 0 aliphatic heterocycles. The van der Waals surface area contributed by atoms with E-state index in [4.69, 9.17) is 16.7 Å². The number of nitrogens with two attached hydrogens (primary N) is 1. The number of aromatic amines is 1. The van der Waals surface area contributed by atoms with E-state index in [-0.39, 0.29) is 7.06 Å². The van der Waals surface area contributed by atoms with Gasteiger partial charge in [-0.1, -0.05) is 11.6 Å². The van der Waals surface area contributed by atoms with Gasteiger partial charge in [-0.3, -0.25) is 5.10 Å². The fourth-order valence-electron chi connectivity index (χ4n) is 2.47. The van der Waals surface area contributed by atoms with Gasteiger partial charge in [0.1, 0.15) is 9.23 Å². The van der Waals surface area contributed by atoms with Crippen molar-refractivity contribution in [1.29, 1.82) is 0 Å². The Kier molecular flexibility index (Phi) is 4.22. The van der Waals surface area contributed by atoms with Gasteiger partial charge in [0.15, 0.2) is 17.5 Å². The Morgan fingerprint density at radius 2 is 2.15 bits per heavy atom. The molecule has 140 valence electrons. The predicted octanol–water partition coefficient (Wildman–Crippen LogP) is 3.65. The molecule has 3 aromatic rings. The molecule has 1 aliphatic rings.